The molecule has 5 nitrogen and oxygen atoms in total. The van der Waals surface area contributed by atoms with Gasteiger partial charge in [0, 0.05) is 28.9 Å². The van der Waals surface area contributed by atoms with Crippen LogP contribution < -0.4 is 10.2 Å². The number of amides is 1. The first-order valence-corrected chi connectivity index (χ1v) is 10.8. The van der Waals surface area contributed by atoms with E-state index in [0.29, 0.717) is 24.0 Å². The lowest BCUT2D eigenvalue weighted by Crippen LogP contribution is -2.46. The van der Waals surface area contributed by atoms with Crippen molar-refractivity contribution in [2.45, 2.75) is 95.2 Å². The second kappa shape index (κ2) is 5.93. The van der Waals surface area contributed by atoms with Crippen LogP contribution in [-0.4, -0.2) is 33.4 Å². The molecule has 4 fully saturated rings. The van der Waals surface area contributed by atoms with Crippen LogP contribution in [0.2, 0.25) is 0 Å². The molecule has 4 aliphatic rings. The predicted molar refractivity (Wildman–Crippen MR) is 98.9 cm³/mol. The Bertz CT molecular complexity index is 664. The zero-order valence-electron chi connectivity index (χ0n) is 15.0. The predicted octanol–water partition coefficient (Wildman–Crippen LogP) is 3.61. The lowest BCUT2D eigenvalue weighted by Gasteiger charge is -2.25. The molecule has 1 aromatic rings. The third-order valence-electron chi connectivity index (χ3n) is 7.02. The van der Waals surface area contributed by atoms with Gasteiger partial charge < -0.3 is 10.2 Å². The molecule has 1 aromatic heterocycles. The minimum Gasteiger partial charge on any atom is -0.351 e. The molecule has 0 unspecified atom stereocenters. The first kappa shape index (κ1) is 16.0. The van der Waals surface area contributed by atoms with Gasteiger partial charge in [-0.15, -0.1) is 0 Å². The number of hydrogen-bond donors (Lipinski definition) is 1. The van der Waals surface area contributed by atoms with E-state index < -0.39 is 0 Å². The monoisotopic (exact) mass is 360 g/mol. The highest BCUT2D eigenvalue weighted by Gasteiger charge is 2.51. The number of hydrogen-bond acceptors (Lipinski definition) is 5. The molecular formula is C19H28N4OS. The molecule has 6 heteroatoms. The smallest absolute Gasteiger partial charge is 0.226 e. The molecule has 0 spiro atoms. The minimum atomic E-state index is -0.0798. The normalized spacial score (nSPS) is 33.6. The maximum atomic E-state index is 12.5. The highest BCUT2D eigenvalue weighted by molar-refractivity contribution is 7.09. The molecule has 0 radical (unpaired) electrons. The van der Waals surface area contributed by atoms with E-state index >= 15 is 0 Å². The molecule has 3 atom stereocenters. The van der Waals surface area contributed by atoms with E-state index in [9.17, 15) is 4.79 Å². The fourth-order valence-electron chi connectivity index (χ4n) is 5.06. The van der Waals surface area contributed by atoms with E-state index in [-0.39, 0.29) is 11.3 Å². The molecule has 1 N–H and O–H groups in total. The van der Waals surface area contributed by atoms with E-state index in [1.165, 1.54) is 44.9 Å². The summed E-state index contributed by atoms with van der Waals surface area (Å²) in [7, 11) is 0. The summed E-state index contributed by atoms with van der Waals surface area (Å²) < 4.78 is 4.72. The summed E-state index contributed by atoms with van der Waals surface area (Å²) in [5, 5.41) is 4.46. The van der Waals surface area contributed by atoms with Crippen LogP contribution in [0, 0.1) is 5.41 Å². The van der Waals surface area contributed by atoms with Crippen molar-refractivity contribution in [2.24, 2.45) is 5.41 Å². The van der Waals surface area contributed by atoms with Gasteiger partial charge in [-0.3, -0.25) is 4.79 Å². The number of nitrogens with zero attached hydrogens (tertiary/aromatic N) is 3. The van der Waals surface area contributed by atoms with Crippen molar-refractivity contribution in [3.8, 4) is 0 Å². The van der Waals surface area contributed by atoms with E-state index in [0.717, 1.165) is 30.2 Å². The van der Waals surface area contributed by atoms with E-state index in [1.807, 2.05) is 0 Å². The van der Waals surface area contributed by atoms with Gasteiger partial charge in [-0.2, -0.15) is 4.37 Å². The zero-order valence-corrected chi connectivity index (χ0v) is 15.9. The van der Waals surface area contributed by atoms with Crippen LogP contribution in [0.3, 0.4) is 0 Å². The third kappa shape index (κ3) is 2.77. The number of carbonyl (C=O) groups is 1. The Hall–Kier alpha value is -1.17. The molecule has 2 saturated carbocycles. The molecule has 2 aliphatic carbocycles. The highest BCUT2D eigenvalue weighted by Crippen LogP contribution is 2.47. The number of rotatable bonds is 4. The van der Waals surface area contributed by atoms with Gasteiger partial charge in [0.2, 0.25) is 11.0 Å². The van der Waals surface area contributed by atoms with Gasteiger partial charge in [-0.25, -0.2) is 4.98 Å². The van der Waals surface area contributed by atoms with Crippen LogP contribution >= 0.6 is 11.5 Å². The largest absolute Gasteiger partial charge is 0.351 e. The van der Waals surface area contributed by atoms with Gasteiger partial charge in [0.25, 0.3) is 0 Å². The summed E-state index contributed by atoms with van der Waals surface area (Å²) in [5.74, 6) is 1.92. The number of fused-ring (bicyclic) bond motifs is 2. The molecule has 25 heavy (non-hydrogen) atoms. The molecule has 1 amide bonds. The summed E-state index contributed by atoms with van der Waals surface area (Å²) in [6.45, 7) is 2.09. The van der Waals surface area contributed by atoms with E-state index in [4.69, 9.17) is 9.36 Å². The lowest BCUT2D eigenvalue weighted by molar-refractivity contribution is -0.126. The molecule has 0 aromatic carbocycles. The van der Waals surface area contributed by atoms with Gasteiger partial charge in [0.05, 0.1) is 12.1 Å². The number of aromatic nitrogens is 2. The maximum absolute atomic E-state index is 12.5. The quantitative estimate of drug-likeness (QED) is 0.891. The fraction of sp³-hybridized carbons (Fsp3) is 0.842. The second-order valence-electron chi connectivity index (χ2n) is 8.85. The van der Waals surface area contributed by atoms with Crippen molar-refractivity contribution in [3.05, 3.63) is 5.82 Å². The minimum absolute atomic E-state index is 0.0798. The Morgan fingerprint density at radius 3 is 2.76 bits per heavy atom. The summed E-state index contributed by atoms with van der Waals surface area (Å²) in [6, 6.07) is 1.25. The molecule has 3 heterocycles. The van der Waals surface area contributed by atoms with Gasteiger partial charge in [-0.1, -0.05) is 26.2 Å². The van der Waals surface area contributed by atoms with Gasteiger partial charge >= 0.3 is 0 Å². The number of carbonyl (C=O) groups excluding carboxylic acids is 1. The van der Waals surface area contributed by atoms with Crippen molar-refractivity contribution < 1.29 is 4.79 Å². The topological polar surface area (TPSA) is 58.1 Å². The van der Waals surface area contributed by atoms with Crippen LogP contribution in [0.5, 0.6) is 0 Å². The summed E-state index contributed by atoms with van der Waals surface area (Å²) >= 11 is 1.58. The number of anilines is 1. The van der Waals surface area contributed by atoms with Gasteiger partial charge in [-0.05, 0) is 44.9 Å². The van der Waals surface area contributed by atoms with Crippen LogP contribution in [0.4, 0.5) is 5.13 Å². The Morgan fingerprint density at radius 1 is 1.20 bits per heavy atom. The molecule has 2 saturated heterocycles. The average molecular weight is 361 g/mol. The van der Waals surface area contributed by atoms with Crippen LogP contribution in [0.25, 0.3) is 0 Å². The Kier molecular flexibility index (Phi) is 3.80. The van der Waals surface area contributed by atoms with E-state index in [1.54, 1.807) is 11.5 Å². The Morgan fingerprint density at radius 2 is 2.00 bits per heavy atom. The highest BCUT2D eigenvalue weighted by atomic mass is 32.1. The van der Waals surface area contributed by atoms with Crippen LogP contribution in [0.1, 0.15) is 82.9 Å². The van der Waals surface area contributed by atoms with Crippen LogP contribution in [-0.2, 0) is 4.79 Å². The Balaban J connectivity index is 1.30. The number of nitrogens with one attached hydrogen (secondary N) is 1. The third-order valence-corrected chi connectivity index (χ3v) is 7.77. The van der Waals surface area contributed by atoms with Crippen molar-refractivity contribution in [3.63, 3.8) is 0 Å². The summed E-state index contributed by atoms with van der Waals surface area (Å²) in [5.41, 5.74) is -0.0798. The first-order valence-electron chi connectivity index (χ1n) is 10.1. The standard InChI is InChI=1S/C19H28N4OS/c1-19(9-10-19)17(24)20-14-11-13-7-8-15(14)23(13)18-21-16(22-25-18)12-5-3-2-4-6-12/h12-15H,2-11H2,1H3,(H,20,24)/t13-,14+,15+/m0/s1. The van der Waals surface area contributed by atoms with E-state index in [2.05, 4.69) is 17.1 Å². The lowest BCUT2D eigenvalue weighted by atomic mass is 9.89. The van der Waals surface area contributed by atoms with Gasteiger partial charge in [0.15, 0.2) is 0 Å². The van der Waals surface area contributed by atoms with Crippen LogP contribution in [0.15, 0.2) is 0 Å². The Labute approximate surface area is 153 Å². The molecule has 2 bridgehead atoms. The average Bonchev–Trinajstić information content (AvgIpc) is 3.01. The molecule has 136 valence electrons. The first-order chi connectivity index (χ1) is 12.1. The van der Waals surface area contributed by atoms with Crippen molar-refractivity contribution in [1.82, 2.24) is 14.7 Å². The zero-order chi connectivity index (χ0) is 17.0. The maximum Gasteiger partial charge on any atom is 0.226 e. The molecule has 2 aliphatic heterocycles. The summed E-state index contributed by atoms with van der Waals surface area (Å²) in [6.07, 6.45) is 12.1. The summed E-state index contributed by atoms with van der Waals surface area (Å²) in [4.78, 5) is 19.9. The molecule has 5 rings (SSSR count). The van der Waals surface area contributed by atoms with Crippen molar-refractivity contribution in [2.75, 3.05) is 4.90 Å². The van der Waals surface area contributed by atoms with Gasteiger partial charge in [0.1, 0.15) is 5.82 Å². The molecular weight excluding hydrogens is 332 g/mol. The van der Waals surface area contributed by atoms with Crippen molar-refractivity contribution >= 4 is 22.6 Å². The fourth-order valence-corrected chi connectivity index (χ4v) is 5.94. The SMILES string of the molecule is CC1(C(=O)N[C@@H]2C[C@@H]3CC[C@H]2N3c2nc(C3CCCCC3)ns2)CC1. The van der Waals surface area contributed by atoms with Crippen molar-refractivity contribution in [1.29, 1.82) is 0 Å². The second-order valence-corrected chi connectivity index (χ2v) is 9.58.